The number of aromatic nitrogens is 2. The second-order valence-electron chi connectivity index (χ2n) is 4.38. The van der Waals surface area contributed by atoms with Crippen LogP contribution in [0.5, 0.6) is 0 Å². The fourth-order valence-corrected chi connectivity index (χ4v) is 2.09. The molecule has 18 heavy (non-hydrogen) atoms. The summed E-state index contributed by atoms with van der Waals surface area (Å²) in [4.78, 5) is 4.53. The minimum absolute atomic E-state index is 0.718. The molecule has 0 spiro atoms. The summed E-state index contributed by atoms with van der Waals surface area (Å²) in [7, 11) is 0. The van der Waals surface area contributed by atoms with Crippen molar-refractivity contribution in [3.8, 4) is 0 Å². The van der Waals surface area contributed by atoms with Crippen LogP contribution in [0.25, 0.3) is 0 Å². The smallest absolute Gasteiger partial charge is 0.127 e. The van der Waals surface area contributed by atoms with Crippen LogP contribution in [0.4, 0.5) is 5.82 Å². The molecular weight excluding hydrogens is 222 g/mol. The molecule has 0 saturated heterocycles. The molecule has 0 radical (unpaired) electrons. The minimum atomic E-state index is 0.718. The molecule has 0 saturated carbocycles. The summed E-state index contributed by atoms with van der Waals surface area (Å²) in [5, 5.41) is 0. The lowest BCUT2D eigenvalue weighted by molar-refractivity contribution is 0.792. The maximum atomic E-state index is 6.11. The number of hydrogen-bond acceptors (Lipinski definition) is 2. The van der Waals surface area contributed by atoms with Gasteiger partial charge >= 0.3 is 0 Å². The van der Waals surface area contributed by atoms with E-state index in [1.807, 2.05) is 23.6 Å². The highest BCUT2D eigenvalue weighted by molar-refractivity contribution is 5.39. The van der Waals surface area contributed by atoms with Gasteiger partial charge < -0.3 is 10.3 Å². The van der Waals surface area contributed by atoms with Gasteiger partial charge in [0, 0.05) is 6.54 Å². The van der Waals surface area contributed by atoms with Gasteiger partial charge in [0.1, 0.15) is 11.6 Å². The van der Waals surface area contributed by atoms with Crippen molar-refractivity contribution in [3.05, 3.63) is 60.1 Å². The zero-order chi connectivity index (χ0) is 13.0. The van der Waals surface area contributed by atoms with E-state index in [0.717, 1.165) is 36.7 Å². The van der Waals surface area contributed by atoms with Gasteiger partial charge in [0.2, 0.25) is 0 Å². The van der Waals surface area contributed by atoms with E-state index in [9.17, 15) is 0 Å². The highest BCUT2D eigenvalue weighted by Crippen LogP contribution is 2.16. The molecule has 0 unspecified atom stereocenters. The number of allylic oxidation sites excluding steroid dienone is 1. The third-order valence-corrected chi connectivity index (χ3v) is 3.08. The van der Waals surface area contributed by atoms with Gasteiger partial charge in [0.25, 0.3) is 0 Å². The molecule has 0 atom stereocenters. The van der Waals surface area contributed by atoms with Crippen molar-refractivity contribution in [1.29, 1.82) is 0 Å². The molecule has 0 fully saturated rings. The highest BCUT2D eigenvalue weighted by atomic mass is 15.1. The first-order chi connectivity index (χ1) is 8.72. The van der Waals surface area contributed by atoms with Gasteiger partial charge in [0.05, 0.1) is 5.69 Å². The van der Waals surface area contributed by atoms with Crippen LogP contribution in [0.15, 0.2) is 43.0 Å². The Morgan fingerprint density at radius 2 is 2.00 bits per heavy atom. The predicted molar refractivity (Wildman–Crippen MR) is 75.4 cm³/mol. The third kappa shape index (κ3) is 2.62. The molecule has 2 N–H and O–H groups in total. The van der Waals surface area contributed by atoms with Gasteiger partial charge in [0.15, 0.2) is 0 Å². The first kappa shape index (κ1) is 12.4. The topological polar surface area (TPSA) is 43.8 Å². The summed E-state index contributed by atoms with van der Waals surface area (Å²) >= 11 is 0. The fourth-order valence-electron chi connectivity index (χ4n) is 2.09. The summed E-state index contributed by atoms with van der Waals surface area (Å²) in [5.74, 6) is 1.72. The fraction of sp³-hybridized carbons (Fsp3) is 0.267. The maximum absolute atomic E-state index is 6.11. The molecule has 94 valence electrons. The van der Waals surface area contributed by atoms with Crippen LogP contribution in [0.2, 0.25) is 0 Å². The largest absolute Gasteiger partial charge is 0.384 e. The number of hydrogen-bond donors (Lipinski definition) is 1. The second kappa shape index (κ2) is 5.54. The second-order valence-corrected chi connectivity index (χ2v) is 4.38. The van der Waals surface area contributed by atoms with Crippen molar-refractivity contribution in [3.63, 3.8) is 0 Å². The van der Waals surface area contributed by atoms with Crippen LogP contribution in [-0.4, -0.2) is 9.55 Å². The molecule has 1 aromatic carbocycles. The number of nitrogen functional groups attached to an aromatic ring is 1. The molecule has 3 nitrogen and oxygen atoms in total. The molecule has 3 heteroatoms. The Labute approximate surface area is 108 Å². The van der Waals surface area contributed by atoms with E-state index in [-0.39, 0.29) is 0 Å². The lowest BCUT2D eigenvalue weighted by Gasteiger charge is -2.04. The number of nitrogens with two attached hydrogens (primary N) is 1. The van der Waals surface area contributed by atoms with Gasteiger partial charge in [-0.3, -0.25) is 0 Å². The Bertz CT molecular complexity index is 526. The number of aryl methyl sites for hydroxylation is 3. The van der Waals surface area contributed by atoms with Crippen molar-refractivity contribution >= 4 is 5.82 Å². The van der Waals surface area contributed by atoms with Crippen molar-refractivity contribution < 1.29 is 0 Å². The third-order valence-electron chi connectivity index (χ3n) is 3.08. The van der Waals surface area contributed by atoms with E-state index in [0.29, 0.717) is 0 Å². The average molecular weight is 241 g/mol. The molecule has 1 heterocycles. The Kier molecular flexibility index (Phi) is 3.82. The molecule has 0 bridgehead atoms. The van der Waals surface area contributed by atoms with Crippen molar-refractivity contribution in [2.45, 2.75) is 26.3 Å². The highest BCUT2D eigenvalue weighted by Gasteiger charge is 2.10. The molecule has 0 amide bonds. The van der Waals surface area contributed by atoms with E-state index in [2.05, 4.69) is 35.8 Å². The van der Waals surface area contributed by atoms with Gasteiger partial charge in [-0.1, -0.05) is 36.4 Å². The molecule has 0 aliphatic rings. The lowest BCUT2D eigenvalue weighted by atomic mass is 10.1. The number of benzene rings is 1. The van der Waals surface area contributed by atoms with Gasteiger partial charge in [-0.25, -0.2) is 4.98 Å². The van der Waals surface area contributed by atoms with Crippen LogP contribution < -0.4 is 5.73 Å². The maximum Gasteiger partial charge on any atom is 0.127 e. The van der Waals surface area contributed by atoms with Gasteiger partial charge in [-0.2, -0.15) is 0 Å². The predicted octanol–water partition coefficient (Wildman–Crippen LogP) is 2.74. The molecule has 0 aliphatic heterocycles. The van der Waals surface area contributed by atoms with Crippen LogP contribution >= 0.6 is 0 Å². The van der Waals surface area contributed by atoms with Gasteiger partial charge in [-0.05, 0) is 25.3 Å². The number of imidazole rings is 1. The molecule has 2 rings (SSSR count). The summed E-state index contributed by atoms with van der Waals surface area (Å²) in [5.41, 5.74) is 8.40. The summed E-state index contributed by atoms with van der Waals surface area (Å²) in [6, 6.07) is 10.4. The average Bonchev–Trinajstić information content (AvgIpc) is 2.66. The van der Waals surface area contributed by atoms with E-state index in [4.69, 9.17) is 5.73 Å². The van der Waals surface area contributed by atoms with Gasteiger partial charge in [-0.15, -0.1) is 6.58 Å². The van der Waals surface area contributed by atoms with Crippen molar-refractivity contribution in [2.75, 3.05) is 5.73 Å². The number of nitrogens with zero attached hydrogens (tertiary/aromatic N) is 2. The van der Waals surface area contributed by atoms with Crippen LogP contribution in [-0.2, 0) is 19.4 Å². The normalized spacial score (nSPS) is 10.5. The van der Waals surface area contributed by atoms with E-state index < -0.39 is 0 Å². The monoisotopic (exact) mass is 241 g/mol. The Morgan fingerprint density at radius 1 is 1.28 bits per heavy atom. The zero-order valence-electron chi connectivity index (χ0n) is 10.8. The van der Waals surface area contributed by atoms with E-state index in [1.54, 1.807) is 0 Å². The summed E-state index contributed by atoms with van der Waals surface area (Å²) < 4.78 is 1.99. The van der Waals surface area contributed by atoms with Crippen LogP contribution in [0.3, 0.4) is 0 Å². The lowest BCUT2D eigenvalue weighted by Crippen LogP contribution is -2.04. The molecule has 2 aromatic rings. The zero-order valence-corrected chi connectivity index (χ0v) is 10.8. The van der Waals surface area contributed by atoms with E-state index >= 15 is 0 Å². The molecule has 1 aromatic heterocycles. The minimum Gasteiger partial charge on any atom is -0.384 e. The number of rotatable bonds is 5. The van der Waals surface area contributed by atoms with E-state index in [1.165, 1.54) is 5.56 Å². The Morgan fingerprint density at radius 3 is 2.67 bits per heavy atom. The first-order valence-electron chi connectivity index (χ1n) is 6.18. The summed E-state index contributed by atoms with van der Waals surface area (Å²) in [6.07, 6.45) is 3.68. The molecule has 0 aliphatic carbocycles. The molecular formula is C15H19N3. The quantitative estimate of drug-likeness (QED) is 0.818. The summed E-state index contributed by atoms with van der Waals surface area (Å²) in [6.45, 7) is 6.43. The Hall–Kier alpha value is -2.03. The van der Waals surface area contributed by atoms with Crippen molar-refractivity contribution in [1.82, 2.24) is 9.55 Å². The standard InChI is InChI=1S/C15H19N3/c1-3-11-18-12(2)17-14(15(18)16)10-9-13-7-5-4-6-8-13/h3-8H,1,9-11,16H2,2H3. The van der Waals surface area contributed by atoms with Crippen LogP contribution in [0.1, 0.15) is 17.1 Å². The van der Waals surface area contributed by atoms with Crippen molar-refractivity contribution in [2.24, 2.45) is 0 Å². The van der Waals surface area contributed by atoms with Crippen LogP contribution in [0, 0.1) is 6.92 Å². The Balaban J connectivity index is 2.10. The SMILES string of the molecule is C=CCn1c(C)nc(CCc2ccccc2)c1N. The number of anilines is 1. The first-order valence-corrected chi connectivity index (χ1v) is 6.18.